The van der Waals surface area contributed by atoms with Gasteiger partial charge in [0, 0.05) is 23.1 Å². The Labute approximate surface area is 107 Å². The molecule has 0 aliphatic carbocycles. The Balaban J connectivity index is 2.21. The molecular weight excluding hydrogens is 234 g/mol. The molecule has 2 nitrogen and oxygen atoms in total. The Kier molecular flexibility index (Phi) is 3.25. The summed E-state index contributed by atoms with van der Waals surface area (Å²) in [7, 11) is 0. The lowest BCUT2D eigenvalue weighted by molar-refractivity contribution is 0.321. The lowest BCUT2D eigenvalue weighted by Gasteiger charge is -2.14. The van der Waals surface area contributed by atoms with Crippen LogP contribution in [0.4, 0.5) is 0 Å². The molecule has 0 N–H and O–H groups in total. The third-order valence-electron chi connectivity index (χ3n) is 2.40. The van der Waals surface area contributed by atoms with Crippen molar-refractivity contribution in [1.82, 2.24) is 5.16 Å². The summed E-state index contributed by atoms with van der Waals surface area (Å²) < 4.78 is 5.34. The highest BCUT2D eigenvalue weighted by Crippen LogP contribution is 2.25. The molecule has 0 saturated heterocycles. The van der Waals surface area contributed by atoms with Crippen LogP contribution >= 0.6 is 11.6 Å². The minimum Gasteiger partial charge on any atom is -0.361 e. The molecule has 90 valence electrons. The van der Waals surface area contributed by atoms with E-state index in [4.69, 9.17) is 16.1 Å². The minimum atomic E-state index is 0.205. The molecule has 0 saturated carbocycles. The Hall–Kier alpha value is -1.28. The maximum absolute atomic E-state index is 5.85. The highest BCUT2D eigenvalue weighted by atomic mass is 35.5. The predicted octanol–water partition coefficient (Wildman–Crippen LogP) is 4.58. The molecule has 3 heteroatoms. The fraction of sp³-hybridized carbons (Fsp3) is 0.357. The molecule has 0 atom stereocenters. The van der Waals surface area contributed by atoms with Gasteiger partial charge in [0.25, 0.3) is 0 Å². The van der Waals surface area contributed by atoms with Crippen LogP contribution in [0, 0.1) is 5.41 Å². The number of benzene rings is 1. The summed E-state index contributed by atoms with van der Waals surface area (Å²) in [6, 6.07) is 9.60. The number of halogens is 1. The van der Waals surface area contributed by atoms with Crippen molar-refractivity contribution < 1.29 is 4.52 Å². The molecule has 17 heavy (non-hydrogen) atoms. The van der Waals surface area contributed by atoms with Crippen LogP contribution in [-0.4, -0.2) is 5.16 Å². The van der Waals surface area contributed by atoms with Crippen molar-refractivity contribution in [3.05, 3.63) is 41.1 Å². The zero-order valence-corrected chi connectivity index (χ0v) is 11.1. The van der Waals surface area contributed by atoms with Crippen molar-refractivity contribution in [2.24, 2.45) is 5.41 Å². The van der Waals surface area contributed by atoms with Gasteiger partial charge in [-0.15, -0.1) is 0 Å². The second kappa shape index (κ2) is 4.53. The third-order valence-corrected chi connectivity index (χ3v) is 2.66. The average Bonchev–Trinajstić information content (AvgIpc) is 2.64. The SMILES string of the molecule is CC(C)(C)Cc1cc(-c2ccc(Cl)cc2)no1. The largest absolute Gasteiger partial charge is 0.361 e. The fourth-order valence-electron chi connectivity index (χ4n) is 1.68. The van der Waals surface area contributed by atoms with Gasteiger partial charge in [0.15, 0.2) is 0 Å². The molecule has 0 bridgehead atoms. The van der Waals surface area contributed by atoms with Crippen molar-refractivity contribution >= 4 is 11.6 Å². The first-order valence-electron chi connectivity index (χ1n) is 5.66. The van der Waals surface area contributed by atoms with Gasteiger partial charge in [-0.25, -0.2) is 0 Å². The number of nitrogens with zero attached hydrogens (tertiary/aromatic N) is 1. The van der Waals surface area contributed by atoms with Gasteiger partial charge in [-0.3, -0.25) is 0 Å². The van der Waals surface area contributed by atoms with Crippen molar-refractivity contribution in [2.75, 3.05) is 0 Å². The summed E-state index contributed by atoms with van der Waals surface area (Å²) in [4.78, 5) is 0. The Morgan fingerprint density at radius 1 is 1.18 bits per heavy atom. The van der Waals surface area contributed by atoms with Crippen molar-refractivity contribution in [1.29, 1.82) is 0 Å². The summed E-state index contributed by atoms with van der Waals surface area (Å²) in [5, 5.41) is 4.81. The van der Waals surface area contributed by atoms with Gasteiger partial charge in [0.1, 0.15) is 11.5 Å². The standard InChI is InChI=1S/C14H16ClNO/c1-14(2,3)9-12-8-13(16-17-12)10-4-6-11(15)7-5-10/h4-8H,9H2,1-3H3. The van der Waals surface area contributed by atoms with Crippen molar-refractivity contribution in [2.45, 2.75) is 27.2 Å². The normalized spacial score (nSPS) is 11.8. The summed E-state index contributed by atoms with van der Waals surface area (Å²) in [6.07, 6.45) is 0.883. The van der Waals surface area contributed by atoms with E-state index in [9.17, 15) is 0 Å². The second-order valence-corrected chi connectivity index (χ2v) is 5.86. The summed E-state index contributed by atoms with van der Waals surface area (Å²) in [5.74, 6) is 0.919. The maximum atomic E-state index is 5.85. The van der Waals surface area contributed by atoms with Crippen LogP contribution in [0.2, 0.25) is 5.02 Å². The Morgan fingerprint density at radius 3 is 2.41 bits per heavy atom. The van der Waals surface area contributed by atoms with Gasteiger partial charge >= 0.3 is 0 Å². The van der Waals surface area contributed by atoms with E-state index in [2.05, 4.69) is 25.9 Å². The van der Waals surface area contributed by atoms with E-state index in [1.807, 2.05) is 30.3 Å². The lowest BCUT2D eigenvalue weighted by atomic mass is 9.91. The Bertz CT molecular complexity index is 494. The zero-order chi connectivity index (χ0) is 12.5. The molecule has 0 amide bonds. The van der Waals surface area contributed by atoms with Crippen LogP contribution in [0.25, 0.3) is 11.3 Å². The molecule has 0 aliphatic rings. The van der Waals surface area contributed by atoms with Gasteiger partial charge in [-0.2, -0.15) is 0 Å². The number of hydrogen-bond acceptors (Lipinski definition) is 2. The molecular formula is C14H16ClNO. The third kappa shape index (κ3) is 3.34. The Morgan fingerprint density at radius 2 is 1.82 bits per heavy atom. The molecule has 0 radical (unpaired) electrons. The van der Waals surface area contributed by atoms with E-state index in [1.54, 1.807) is 0 Å². The van der Waals surface area contributed by atoms with E-state index < -0.39 is 0 Å². The average molecular weight is 250 g/mol. The van der Waals surface area contributed by atoms with Crippen molar-refractivity contribution in [3.63, 3.8) is 0 Å². The van der Waals surface area contributed by atoms with Crippen LogP contribution in [0.15, 0.2) is 34.9 Å². The fourth-order valence-corrected chi connectivity index (χ4v) is 1.80. The highest BCUT2D eigenvalue weighted by molar-refractivity contribution is 6.30. The summed E-state index contributed by atoms with van der Waals surface area (Å²) in [5.41, 5.74) is 2.09. The topological polar surface area (TPSA) is 26.0 Å². The molecule has 0 fully saturated rings. The molecule has 2 aromatic rings. The van der Waals surface area contributed by atoms with Gasteiger partial charge in [0.05, 0.1) is 0 Å². The first kappa shape index (κ1) is 12.2. The number of rotatable bonds is 2. The molecule has 1 aromatic carbocycles. The van der Waals surface area contributed by atoms with Crippen LogP contribution in [0.3, 0.4) is 0 Å². The van der Waals surface area contributed by atoms with Gasteiger partial charge in [0.2, 0.25) is 0 Å². The van der Waals surface area contributed by atoms with Crippen LogP contribution in [-0.2, 0) is 6.42 Å². The van der Waals surface area contributed by atoms with Gasteiger partial charge < -0.3 is 4.52 Å². The van der Waals surface area contributed by atoms with E-state index in [-0.39, 0.29) is 5.41 Å². The van der Waals surface area contributed by atoms with Crippen LogP contribution in [0.1, 0.15) is 26.5 Å². The first-order chi connectivity index (χ1) is 7.94. The molecule has 0 spiro atoms. The highest BCUT2D eigenvalue weighted by Gasteiger charge is 2.15. The van der Waals surface area contributed by atoms with Gasteiger partial charge in [-0.05, 0) is 17.5 Å². The maximum Gasteiger partial charge on any atom is 0.137 e. The van der Waals surface area contributed by atoms with E-state index in [0.717, 1.165) is 28.5 Å². The molecule has 1 aromatic heterocycles. The summed E-state index contributed by atoms with van der Waals surface area (Å²) >= 11 is 5.85. The second-order valence-electron chi connectivity index (χ2n) is 5.42. The first-order valence-corrected chi connectivity index (χ1v) is 6.03. The molecule has 0 aliphatic heterocycles. The van der Waals surface area contributed by atoms with Crippen LogP contribution in [0.5, 0.6) is 0 Å². The molecule has 0 unspecified atom stereocenters. The van der Waals surface area contributed by atoms with E-state index in [1.165, 1.54) is 0 Å². The molecule has 1 heterocycles. The zero-order valence-electron chi connectivity index (χ0n) is 10.3. The van der Waals surface area contributed by atoms with Gasteiger partial charge in [-0.1, -0.05) is 49.7 Å². The lowest BCUT2D eigenvalue weighted by Crippen LogP contribution is -2.08. The number of aromatic nitrogens is 1. The quantitative estimate of drug-likeness (QED) is 0.778. The molecule has 2 rings (SSSR count). The summed E-state index contributed by atoms with van der Waals surface area (Å²) in [6.45, 7) is 6.53. The monoisotopic (exact) mass is 249 g/mol. The van der Waals surface area contributed by atoms with E-state index >= 15 is 0 Å². The predicted molar refractivity (Wildman–Crippen MR) is 70.1 cm³/mol. The van der Waals surface area contributed by atoms with E-state index in [0.29, 0.717) is 0 Å². The minimum absolute atomic E-state index is 0.205. The number of hydrogen-bond donors (Lipinski definition) is 0. The smallest absolute Gasteiger partial charge is 0.137 e. The van der Waals surface area contributed by atoms with Crippen LogP contribution < -0.4 is 0 Å². The van der Waals surface area contributed by atoms with Crippen molar-refractivity contribution in [3.8, 4) is 11.3 Å².